The van der Waals surface area contributed by atoms with Crippen LogP contribution in [0.1, 0.15) is 128 Å². The first-order chi connectivity index (χ1) is 26.6. The summed E-state index contributed by atoms with van der Waals surface area (Å²) in [4.78, 5) is 41.0. The minimum Gasteiger partial charge on any atom is -0.507 e. The van der Waals surface area contributed by atoms with E-state index >= 15 is 0 Å². The van der Waals surface area contributed by atoms with Crippen LogP contribution in [-0.4, -0.2) is 122 Å². The Hall–Kier alpha value is -3.71. The van der Waals surface area contributed by atoms with Crippen molar-refractivity contribution in [1.29, 1.82) is 0 Å². The standard InChI is InChI=1S/C40H50O16/c1-6-40(49)15-26(30-19(34(40)39(48)50-5)13-20-31(36(30)46)37(47)33-23(43)8-7-22(42)32(33)35(20)45)55-29-14-24(44)38(18(4)53-29)56-28-12-10-25(17(3)52-28)54-27-11-9-21(41)16(2)51-27/h7-8,13,16-18,21,24-29,34,38,41-44,46,49H,6,9-12,14-15H2,1-5H3/t16?,17?,18?,21?,24?,25?,26-,27?,28?,29?,34?,38?,40+/m0/s1. The number of phenolic OH excluding ortho intramolecular Hbond substituents is 3. The predicted molar refractivity (Wildman–Crippen MR) is 191 cm³/mol. The zero-order valence-electron chi connectivity index (χ0n) is 31.9. The van der Waals surface area contributed by atoms with Gasteiger partial charge in [0.15, 0.2) is 24.7 Å². The maximum atomic E-state index is 13.9. The van der Waals surface area contributed by atoms with E-state index in [0.29, 0.717) is 25.7 Å². The molecule has 2 aromatic rings. The number of fused-ring (bicyclic) bond motifs is 3. The van der Waals surface area contributed by atoms with Crippen LogP contribution in [0.5, 0.6) is 17.2 Å². The van der Waals surface area contributed by atoms with Crippen LogP contribution in [0.4, 0.5) is 0 Å². The zero-order chi connectivity index (χ0) is 40.4. The number of hydrogen-bond donors (Lipinski definition) is 6. The molecular weight excluding hydrogens is 736 g/mol. The number of esters is 1. The van der Waals surface area contributed by atoms with E-state index in [1.807, 2.05) is 6.92 Å². The lowest BCUT2D eigenvalue weighted by Gasteiger charge is -2.46. The number of phenols is 3. The molecular formula is C40H50O16. The summed E-state index contributed by atoms with van der Waals surface area (Å²) in [5.41, 5.74) is -3.70. The van der Waals surface area contributed by atoms with Crippen LogP contribution in [0, 0.1) is 0 Å². The lowest BCUT2D eigenvalue weighted by molar-refractivity contribution is -0.320. The average molecular weight is 787 g/mol. The fourth-order valence-corrected chi connectivity index (χ4v) is 8.86. The molecule has 0 radical (unpaired) electrons. The van der Waals surface area contributed by atoms with E-state index in [0.717, 1.165) is 19.2 Å². The smallest absolute Gasteiger partial charge is 0.316 e. The van der Waals surface area contributed by atoms with E-state index in [1.54, 1.807) is 20.8 Å². The quantitative estimate of drug-likeness (QED) is 0.142. The molecule has 6 N–H and O–H groups in total. The highest BCUT2D eigenvalue weighted by Crippen LogP contribution is 2.54. The van der Waals surface area contributed by atoms with Crippen molar-refractivity contribution < 1.29 is 78.2 Å². The molecule has 0 amide bonds. The minimum absolute atomic E-state index is 0.0103. The van der Waals surface area contributed by atoms with Crippen LogP contribution in [0.3, 0.4) is 0 Å². The van der Waals surface area contributed by atoms with Gasteiger partial charge in [0.1, 0.15) is 29.3 Å². The van der Waals surface area contributed by atoms with Gasteiger partial charge in [0.05, 0.1) is 72.1 Å². The molecule has 0 spiro atoms. The SMILES string of the molecule is CC[C@@]1(O)C[C@H](OC2CC(O)C(OC3CCC(OC4CCC(O)C(C)O4)C(C)O3)C(C)O2)c2c(cc3c(c2O)C(=O)c2c(O)ccc(O)c2C3=O)C1C(=O)OC. The number of aliphatic hydroxyl groups is 3. The molecule has 0 aromatic heterocycles. The Morgan fingerprint density at radius 3 is 2.05 bits per heavy atom. The van der Waals surface area contributed by atoms with Gasteiger partial charge in [-0.15, -0.1) is 0 Å². The molecule has 11 unspecified atom stereocenters. The summed E-state index contributed by atoms with van der Waals surface area (Å²) in [6.45, 7) is 7.01. The summed E-state index contributed by atoms with van der Waals surface area (Å²) in [5.74, 6) is -5.98. The highest BCUT2D eigenvalue weighted by atomic mass is 16.7. The molecule has 3 fully saturated rings. The molecule has 7 rings (SSSR count). The van der Waals surface area contributed by atoms with Gasteiger partial charge in [0.25, 0.3) is 0 Å². The molecule has 3 heterocycles. The van der Waals surface area contributed by atoms with Gasteiger partial charge in [-0.05, 0) is 63.8 Å². The lowest BCUT2D eigenvalue weighted by Crippen LogP contribution is -2.53. The van der Waals surface area contributed by atoms with Crippen molar-refractivity contribution in [2.24, 2.45) is 0 Å². The third-order valence-electron chi connectivity index (χ3n) is 12.0. The van der Waals surface area contributed by atoms with Crippen LogP contribution in [0.25, 0.3) is 0 Å². The normalized spacial score (nSPS) is 37.0. The lowest BCUT2D eigenvalue weighted by atomic mass is 9.67. The number of ketones is 2. The molecule has 2 aliphatic carbocycles. The van der Waals surface area contributed by atoms with E-state index in [4.69, 9.17) is 33.2 Å². The van der Waals surface area contributed by atoms with Gasteiger partial charge in [-0.2, -0.15) is 0 Å². The number of benzene rings is 2. The summed E-state index contributed by atoms with van der Waals surface area (Å²) in [5, 5.41) is 66.3. The third kappa shape index (κ3) is 7.09. The second-order valence-corrected chi connectivity index (χ2v) is 15.5. The van der Waals surface area contributed by atoms with Gasteiger partial charge < -0.3 is 63.8 Å². The van der Waals surface area contributed by atoms with Crippen molar-refractivity contribution in [3.05, 3.63) is 51.6 Å². The van der Waals surface area contributed by atoms with Crippen molar-refractivity contribution in [2.75, 3.05) is 7.11 Å². The Bertz CT molecular complexity index is 1850. The number of methoxy groups -OCH3 is 1. The summed E-state index contributed by atoms with van der Waals surface area (Å²) >= 11 is 0. The number of carbonyl (C=O) groups excluding carboxylic acids is 3. The van der Waals surface area contributed by atoms with Crippen molar-refractivity contribution in [3.8, 4) is 17.2 Å². The maximum absolute atomic E-state index is 13.9. The topological polar surface area (TPSA) is 237 Å². The Labute approximate surface area is 323 Å². The van der Waals surface area contributed by atoms with E-state index < -0.39 is 112 Å². The molecule has 3 aliphatic heterocycles. The van der Waals surface area contributed by atoms with Gasteiger partial charge in [0, 0.05) is 36.8 Å². The largest absolute Gasteiger partial charge is 0.507 e. The molecule has 0 bridgehead atoms. The highest BCUT2D eigenvalue weighted by Gasteiger charge is 2.53. The van der Waals surface area contributed by atoms with Gasteiger partial charge in [0.2, 0.25) is 5.78 Å². The van der Waals surface area contributed by atoms with Crippen molar-refractivity contribution >= 4 is 17.5 Å². The third-order valence-corrected chi connectivity index (χ3v) is 12.0. The van der Waals surface area contributed by atoms with Gasteiger partial charge >= 0.3 is 5.97 Å². The molecule has 16 nitrogen and oxygen atoms in total. The summed E-state index contributed by atoms with van der Waals surface area (Å²) in [6, 6.07) is 3.33. The predicted octanol–water partition coefficient (Wildman–Crippen LogP) is 3.12. The van der Waals surface area contributed by atoms with Crippen molar-refractivity contribution in [2.45, 2.75) is 152 Å². The first kappa shape index (κ1) is 40.5. The Balaban J connectivity index is 1.10. The number of aliphatic hydroxyl groups excluding tert-OH is 2. The van der Waals surface area contributed by atoms with Gasteiger partial charge in [-0.25, -0.2) is 0 Å². The van der Waals surface area contributed by atoms with Gasteiger partial charge in [-0.3, -0.25) is 14.4 Å². The van der Waals surface area contributed by atoms with Crippen molar-refractivity contribution in [3.63, 3.8) is 0 Å². The van der Waals surface area contributed by atoms with E-state index in [2.05, 4.69) is 0 Å². The molecule has 13 atom stereocenters. The van der Waals surface area contributed by atoms with E-state index in [-0.39, 0.29) is 54.3 Å². The second-order valence-electron chi connectivity index (χ2n) is 15.5. The van der Waals surface area contributed by atoms with Crippen LogP contribution in [-0.2, 0) is 38.0 Å². The van der Waals surface area contributed by atoms with Gasteiger partial charge in [-0.1, -0.05) is 6.92 Å². The van der Waals surface area contributed by atoms with E-state index in [1.165, 1.54) is 6.07 Å². The summed E-state index contributed by atoms with van der Waals surface area (Å²) < 4.78 is 42.0. The van der Waals surface area contributed by atoms with Crippen LogP contribution in [0.2, 0.25) is 0 Å². The van der Waals surface area contributed by atoms with Crippen LogP contribution in [0.15, 0.2) is 18.2 Å². The molecule has 3 saturated heterocycles. The fraction of sp³-hybridized carbons (Fsp3) is 0.625. The van der Waals surface area contributed by atoms with Crippen LogP contribution < -0.4 is 0 Å². The summed E-state index contributed by atoms with van der Waals surface area (Å²) in [7, 11) is 1.13. The first-order valence-electron chi connectivity index (χ1n) is 19.2. The first-order valence-corrected chi connectivity index (χ1v) is 19.2. The number of ether oxygens (including phenoxy) is 7. The minimum atomic E-state index is -1.82. The molecule has 5 aliphatic rings. The Morgan fingerprint density at radius 1 is 0.804 bits per heavy atom. The molecule has 306 valence electrons. The fourth-order valence-electron chi connectivity index (χ4n) is 8.86. The zero-order valence-corrected chi connectivity index (χ0v) is 31.9. The monoisotopic (exact) mass is 786 g/mol. The Kier molecular flexibility index (Phi) is 11.3. The number of aromatic hydroxyl groups is 3. The average Bonchev–Trinajstić information content (AvgIpc) is 3.15. The highest BCUT2D eigenvalue weighted by molar-refractivity contribution is 6.31. The molecule has 0 saturated carbocycles. The van der Waals surface area contributed by atoms with E-state index in [9.17, 15) is 45.0 Å². The second kappa shape index (κ2) is 15.6. The molecule has 2 aromatic carbocycles. The maximum Gasteiger partial charge on any atom is 0.316 e. The number of hydrogen-bond acceptors (Lipinski definition) is 16. The van der Waals surface area contributed by atoms with Crippen molar-refractivity contribution in [1.82, 2.24) is 0 Å². The number of carbonyl (C=O) groups is 3. The molecule has 16 heteroatoms. The van der Waals surface area contributed by atoms with Crippen LogP contribution >= 0.6 is 0 Å². The molecule has 56 heavy (non-hydrogen) atoms. The summed E-state index contributed by atoms with van der Waals surface area (Å²) in [6.07, 6.45) is -5.75. The number of rotatable bonds is 8. The Morgan fingerprint density at radius 2 is 1.43 bits per heavy atom.